The van der Waals surface area contributed by atoms with Crippen molar-refractivity contribution in [3.05, 3.63) is 28.7 Å². The van der Waals surface area contributed by atoms with Crippen LogP contribution in [0, 0.1) is 5.92 Å². The van der Waals surface area contributed by atoms with Gasteiger partial charge in [-0.1, -0.05) is 0 Å². The molecule has 1 saturated carbocycles. The molecule has 0 bridgehead atoms. The monoisotopic (exact) mass is 329 g/mol. The number of nitrogens with zero attached hydrogens (tertiary/aromatic N) is 2. The Bertz CT molecular complexity index is 878. The number of hydrogen-bond donors (Lipinski definition) is 1. The van der Waals surface area contributed by atoms with Crippen molar-refractivity contribution in [3.63, 3.8) is 0 Å². The molecule has 7 heteroatoms. The van der Waals surface area contributed by atoms with Gasteiger partial charge in [0.25, 0.3) is 0 Å². The predicted molar refractivity (Wildman–Crippen MR) is 87.5 cm³/mol. The highest BCUT2D eigenvalue weighted by Gasteiger charge is 2.40. The van der Waals surface area contributed by atoms with Crippen LogP contribution in [0.4, 0.5) is 5.69 Å². The zero-order chi connectivity index (χ0) is 16.8. The third-order valence-corrected chi connectivity index (χ3v) is 4.82. The van der Waals surface area contributed by atoms with Crippen molar-refractivity contribution in [1.82, 2.24) is 9.47 Å². The Morgan fingerprint density at radius 1 is 1.25 bits per heavy atom. The zero-order valence-corrected chi connectivity index (χ0v) is 13.4. The minimum Gasteiger partial charge on any atom is -0.408 e. The van der Waals surface area contributed by atoms with Crippen molar-refractivity contribution in [1.29, 1.82) is 0 Å². The maximum atomic E-state index is 12.6. The first-order valence-electron chi connectivity index (χ1n) is 8.25. The Hall–Kier alpha value is -2.57. The quantitative estimate of drug-likeness (QED) is 0.924. The third-order valence-electron chi connectivity index (χ3n) is 4.82. The molecule has 2 amide bonds. The number of aryl methyl sites for hydroxylation is 1. The van der Waals surface area contributed by atoms with Gasteiger partial charge in [0.05, 0.1) is 5.52 Å². The average molecular weight is 329 g/mol. The fraction of sp³-hybridized carbons (Fsp3) is 0.471. The van der Waals surface area contributed by atoms with E-state index in [1.165, 1.54) is 4.57 Å². The Morgan fingerprint density at radius 3 is 2.79 bits per heavy atom. The number of fused-ring (bicyclic) bond motifs is 1. The summed E-state index contributed by atoms with van der Waals surface area (Å²) in [5.41, 5.74) is 1.66. The summed E-state index contributed by atoms with van der Waals surface area (Å²) >= 11 is 0. The van der Waals surface area contributed by atoms with Crippen LogP contribution in [0.15, 0.2) is 27.4 Å². The smallest absolute Gasteiger partial charge is 0.408 e. The van der Waals surface area contributed by atoms with E-state index in [2.05, 4.69) is 5.32 Å². The first-order valence-corrected chi connectivity index (χ1v) is 8.25. The molecule has 0 spiro atoms. The highest BCUT2D eigenvalue weighted by Crippen LogP contribution is 2.34. The predicted octanol–water partition coefficient (Wildman–Crippen LogP) is 1.47. The van der Waals surface area contributed by atoms with Crippen LogP contribution in [0.5, 0.6) is 0 Å². The summed E-state index contributed by atoms with van der Waals surface area (Å²) < 4.78 is 6.55. The molecular formula is C17H19N3O4. The van der Waals surface area contributed by atoms with E-state index >= 15 is 0 Å². The van der Waals surface area contributed by atoms with Gasteiger partial charge in [0.15, 0.2) is 5.58 Å². The van der Waals surface area contributed by atoms with Gasteiger partial charge in [-0.15, -0.1) is 0 Å². The highest BCUT2D eigenvalue weighted by molar-refractivity contribution is 5.99. The van der Waals surface area contributed by atoms with Crippen molar-refractivity contribution in [2.75, 3.05) is 11.9 Å². The number of hydrogen-bond acceptors (Lipinski definition) is 4. The lowest BCUT2D eigenvalue weighted by atomic mass is 10.2. The second-order valence-corrected chi connectivity index (χ2v) is 6.56. The number of carbonyl (C=O) groups excluding carboxylic acids is 2. The van der Waals surface area contributed by atoms with Gasteiger partial charge in [-0.2, -0.15) is 0 Å². The number of nitrogens with one attached hydrogen (secondary N) is 1. The minimum absolute atomic E-state index is 0.108. The van der Waals surface area contributed by atoms with Crippen molar-refractivity contribution < 1.29 is 14.0 Å². The first kappa shape index (κ1) is 15.0. The Balaban J connectivity index is 1.52. The number of anilines is 1. The van der Waals surface area contributed by atoms with Crippen molar-refractivity contribution in [3.8, 4) is 0 Å². The molecule has 1 atom stereocenters. The lowest BCUT2D eigenvalue weighted by molar-refractivity contribution is -0.137. The molecule has 1 N–H and O–H groups in total. The van der Waals surface area contributed by atoms with Gasteiger partial charge in [0.1, 0.15) is 6.04 Å². The number of aromatic nitrogens is 1. The topological polar surface area (TPSA) is 84.6 Å². The molecule has 1 aliphatic carbocycles. The van der Waals surface area contributed by atoms with Gasteiger partial charge in [0, 0.05) is 31.3 Å². The molecule has 2 heterocycles. The maximum absolute atomic E-state index is 12.6. The van der Waals surface area contributed by atoms with Crippen LogP contribution in [-0.2, 0) is 16.6 Å². The highest BCUT2D eigenvalue weighted by atomic mass is 16.4. The van der Waals surface area contributed by atoms with Crippen LogP contribution in [0.2, 0.25) is 0 Å². The van der Waals surface area contributed by atoms with Crippen molar-refractivity contribution in [2.45, 2.75) is 31.7 Å². The Morgan fingerprint density at radius 2 is 2.04 bits per heavy atom. The normalized spacial score (nSPS) is 20.5. The molecule has 4 rings (SSSR count). The van der Waals surface area contributed by atoms with Crippen LogP contribution >= 0.6 is 0 Å². The molecule has 126 valence electrons. The lowest BCUT2D eigenvalue weighted by Crippen LogP contribution is -2.43. The number of oxazole rings is 1. The number of benzene rings is 1. The van der Waals surface area contributed by atoms with E-state index in [9.17, 15) is 14.4 Å². The van der Waals surface area contributed by atoms with Crippen molar-refractivity contribution >= 4 is 28.6 Å². The van der Waals surface area contributed by atoms with Crippen LogP contribution in [0.1, 0.15) is 25.7 Å². The molecule has 1 aromatic heterocycles. The maximum Gasteiger partial charge on any atom is 0.419 e. The van der Waals surface area contributed by atoms with Crippen LogP contribution in [0.3, 0.4) is 0 Å². The van der Waals surface area contributed by atoms with Crippen LogP contribution < -0.4 is 11.1 Å². The van der Waals surface area contributed by atoms with E-state index < -0.39 is 11.8 Å². The van der Waals surface area contributed by atoms with Gasteiger partial charge >= 0.3 is 5.76 Å². The molecule has 1 aliphatic heterocycles. The van der Waals surface area contributed by atoms with E-state index in [4.69, 9.17) is 4.42 Å². The van der Waals surface area contributed by atoms with Gasteiger partial charge in [-0.25, -0.2) is 4.79 Å². The molecule has 0 radical (unpaired) electrons. The Kier molecular flexibility index (Phi) is 3.44. The number of rotatable bonds is 3. The fourth-order valence-corrected chi connectivity index (χ4v) is 3.31. The van der Waals surface area contributed by atoms with Gasteiger partial charge in [-0.05, 0) is 37.8 Å². The number of amides is 2. The second kappa shape index (κ2) is 5.51. The molecule has 2 fully saturated rings. The van der Waals surface area contributed by atoms with Gasteiger partial charge < -0.3 is 14.6 Å². The largest absolute Gasteiger partial charge is 0.419 e. The van der Waals surface area contributed by atoms with E-state index in [1.807, 2.05) is 0 Å². The summed E-state index contributed by atoms with van der Waals surface area (Å²) in [6, 6.07) is 4.70. The van der Waals surface area contributed by atoms with Crippen LogP contribution in [0.25, 0.3) is 11.1 Å². The standard InChI is InChI=1S/C17H19N3O4/c1-19-12-7-6-11(9-14(12)24-17(19)23)18-15(21)13-3-2-8-20(13)16(22)10-4-5-10/h6-7,9-10,13H,2-5,8H2,1H3,(H,18,21)/t13-/m0/s1. The summed E-state index contributed by atoms with van der Waals surface area (Å²) in [5.74, 6) is -0.393. The SMILES string of the molecule is Cn1c(=O)oc2cc(NC(=O)[C@@H]3CCCN3C(=O)C3CC3)ccc21. The first-order chi connectivity index (χ1) is 11.5. The molecule has 7 nitrogen and oxygen atoms in total. The zero-order valence-electron chi connectivity index (χ0n) is 13.4. The second-order valence-electron chi connectivity index (χ2n) is 6.56. The summed E-state index contributed by atoms with van der Waals surface area (Å²) in [4.78, 5) is 38.1. The van der Waals surface area contributed by atoms with Gasteiger partial charge in [-0.3, -0.25) is 14.2 Å². The summed E-state index contributed by atoms with van der Waals surface area (Å²) in [7, 11) is 1.63. The van der Waals surface area contributed by atoms with E-state index in [0.717, 1.165) is 19.3 Å². The minimum atomic E-state index is -0.439. The number of likely N-dealkylation sites (tertiary alicyclic amines) is 1. The van der Waals surface area contributed by atoms with Crippen molar-refractivity contribution in [2.24, 2.45) is 13.0 Å². The fourth-order valence-electron chi connectivity index (χ4n) is 3.31. The van der Waals surface area contributed by atoms with E-state index in [0.29, 0.717) is 29.8 Å². The summed E-state index contributed by atoms with van der Waals surface area (Å²) in [5, 5.41) is 2.84. The Labute approximate surface area is 138 Å². The molecule has 2 aliphatic rings. The third kappa shape index (κ3) is 2.50. The van der Waals surface area contributed by atoms with E-state index in [1.54, 1.807) is 30.1 Å². The molecule has 1 aromatic carbocycles. The molecular weight excluding hydrogens is 310 g/mol. The molecule has 0 unspecified atom stereocenters. The van der Waals surface area contributed by atoms with Gasteiger partial charge in [0.2, 0.25) is 11.8 Å². The molecule has 2 aromatic rings. The van der Waals surface area contributed by atoms with Crippen LogP contribution in [-0.4, -0.2) is 33.9 Å². The van der Waals surface area contributed by atoms with E-state index in [-0.39, 0.29) is 17.7 Å². The summed E-state index contributed by atoms with van der Waals surface area (Å²) in [6.07, 6.45) is 3.41. The lowest BCUT2D eigenvalue weighted by Gasteiger charge is -2.24. The number of carbonyl (C=O) groups is 2. The molecule has 24 heavy (non-hydrogen) atoms. The molecule has 1 saturated heterocycles. The summed E-state index contributed by atoms with van der Waals surface area (Å²) in [6.45, 7) is 0.653. The average Bonchev–Trinajstić information content (AvgIpc) is 3.22.